The number of hydrogen-bond donors (Lipinski definition) is 0. The van der Waals surface area contributed by atoms with Gasteiger partial charge < -0.3 is 0 Å². The molecule has 0 aliphatic heterocycles. The van der Waals surface area contributed by atoms with Crippen molar-refractivity contribution in [2.75, 3.05) is 0 Å². The third-order valence-electron chi connectivity index (χ3n) is 6.45. The molecule has 0 radical (unpaired) electrons. The maximum absolute atomic E-state index is 13.8. The van der Waals surface area contributed by atoms with Crippen LogP contribution in [-0.2, 0) is 0 Å². The molecule has 0 N–H and O–H groups in total. The lowest BCUT2D eigenvalue weighted by molar-refractivity contribution is 0.589. The molecule has 7 rings (SSSR count). The van der Waals surface area contributed by atoms with Gasteiger partial charge in [0.25, 0.3) is 0 Å². The summed E-state index contributed by atoms with van der Waals surface area (Å²) in [5, 5.41) is 3.48. The average molecular weight is 470 g/mol. The van der Waals surface area contributed by atoms with Gasteiger partial charge in [-0.3, -0.25) is 0 Å². The fourth-order valence-electron chi connectivity index (χ4n) is 4.62. The van der Waals surface area contributed by atoms with Crippen LogP contribution in [0, 0.1) is 11.9 Å². The monoisotopic (exact) mass is 470 g/mol. The van der Waals surface area contributed by atoms with Crippen molar-refractivity contribution < 1.29 is 8.78 Å². The minimum absolute atomic E-state index is 0.528. The summed E-state index contributed by atoms with van der Waals surface area (Å²) in [6.07, 6.45) is 0. The van der Waals surface area contributed by atoms with E-state index in [2.05, 4.69) is 9.97 Å². The normalized spacial score (nSPS) is 11.6. The molecule has 0 saturated heterocycles. The van der Waals surface area contributed by atoms with Crippen LogP contribution in [0.4, 0.5) is 8.78 Å². The summed E-state index contributed by atoms with van der Waals surface area (Å²) < 4.78 is 27.7. The summed E-state index contributed by atoms with van der Waals surface area (Å²) in [5.41, 5.74) is 5.79. The van der Waals surface area contributed by atoms with Gasteiger partial charge in [-0.1, -0.05) is 60.7 Å². The number of benzene rings is 3. The third-order valence-corrected chi connectivity index (χ3v) is 6.45. The van der Waals surface area contributed by atoms with E-state index < -0.39 is 11.9 Å². The maximum atomic E-state index is 13.8. The smallest absolute Gasteiger partial charge is 0.213 e. The summed E-state index contributed by atoms with van der Waals surface area (Å²) in [6.45, 7) is 0. The molecule has 7 aromatic rings. The van der Waals surface area contributed by atoms with Crippen LogP contribution >= 0.6 is 0 Å². The Morgan fingerprint density at radius 2 is 0.639 bits per heavy atom. The molecule has 0 unspecified atom stereocenters. The van der Waals surface area contributed by atoms with E-state index in [0.29, 0.717) is 22.1 Å². The summed E-state index contributed by atoms with van der Waals surface area (Å²) >= 11 is 0. The van der Waals surface area contributed by atoms with Gasteiger partial charge in [-0.25, -0.2) is 19.9 Å². The maximum Gasteiger partial charge on any atom is 0.213 e. The van der Waals surface area contributed by atoms with Gasteiger partial charge in [0.05, 0.1) is 33.5 Å². The first-order chi connectivity index (χ1) is 17.6. The molecule has 0 fully saturated rings. The number of halogens is 2. The van der Waals surface area contributed by atoms with E-state index in [1.807, 2.05) is 72.8 Å². The van der Waals surface area contributed by atoms with Crippen molar-refractivity contribution in [2.45, 2.75) is 0 Å². The van der Waals surface area contributed by atoms with Crippen LogP contribution < -0.4 is 0 Å². The van der Waals surface area contributed by atoms with E-state index in [-0.39, 0.29) is 0 Å². The van der Waals surface area contributed by atoms with Crippen LogP contribution in [0.1, 0.15) is 0 Å². The molecule has 6 heteroatoms. The summed E-state index contributed by atoms with van der Waals surface area (Å²) in [6, 6.07) is 29.7. The van der Waals surface area contributed by atoms with Crippen LogP contribution in [0.25, 0.3) is 66.1 Å². The second-order valence-electron chi connectivity index (χ2n) is 8.66. The fraction of sp³-hybridized carbons (Fsp3) is 0. The van der Waals surface area contributed by atoms with Gasteiger partial charge >= 0.3 is 0 Å². The summed E-state index contributed by atoms with van der Waals surface area (Å²) in [5.74, 6) is -1.06. The Hall–Kier alpha value is -4.84. The summed E-state index contributed by atoms with van der Waals surface area (Å²) in [4.78, 5) is 17.8. The highest BCUT2D eigenvalue weighted by molar-refractivity contribution is 6.04. The van der Waals surface area contributed by atoms with E-state index in [1.54, 1.807) is 12.1 Å². The minimum atomic E-state index is -0.528. The Morgan fingerprint density at radius 1 is 0.333 bits per heavy atom. The Labute approximate surface area is 203 Å². The van der Waals surface area contributed by atoms with Gasteiger partial charge in [-0.2, -0.15) is 8.78 Å². The van der Waals surface area contributed by atoms with Crippen molar-refractivity contribution in [1.82, 2.24) is 19.9 Å². The van der Waals surface area contributed by atoms with Crippen LogP contribution in [0.5, 0.6) is 0 Å². The van der Waals surface area contributed by atoms with Gasteiger partial charge in [0.1, 0.15) is 0 Å². The molecule has 0 spiro atoms. The van der Waals surface area contributed by atoms with E-state index in [1.165, 1.54) is 12.1 Å². The second-order valence-corrected chi connectivity index (χ2v) is 8.66. The number of fused-ring (bicyclic) bond motifs is 6. The Bertz CT molecular complexity index is 1820. The molecule has 0 saturated carbocycles. The molecular weight excluding hydrogens is 454 g/mol. The predicted molar refractivity (Wildman–Crippen MR) is 138 cm³/mol. The number of hydrogen-bond acceptors (Lipinski definition) is 4. The predicted octanol–water partition coefficient (Wildman–Crippen LogP) is 7.49. The van der Waals surface area contributed by atoms with Crippen molar-refractivity contribution >= 4 is 43.6 Å². The van der Waals surface area contributed by atoms with Crippen molar-refractivity contribution in [2.24, 2.45) is 0 Å². The lowest BCUT2D eigenvalue weighted by Crippen LogP contribution is -1.92. The fourth-order valence-corrected chi connectivity index (χ4v) is 4.62. The number of rotatable bonds is 2. The molecule has 170 valence electrons. The molecular formula is C30H16F2N4. The van der Waals surface area contributed by atoms with E-state index in [9.17, 15) is 8.78 Å². The molecule has 4 heterocycles. The quantitative estimate of drug-likeness (QED) is 0.194. The number of nitrogens with zero attached hydrogens (tertiary/aromatic N) is 4. The zero-order chi connectivity index (χ0) is 24.2. The van der Waals surface area contributed by atoms with Gasteiger partial charge in [0, 0.05) is 32.7 Å². The van der Waals surface area contributed by atoms with Crippen LogP contribution in [0.3, 0.4) is 0 Å². The van der Waals surface area contributed by atoms with Gasteiger partial charge in [-0.05, 0) is 36.4 Å². The molecule has 36 heavy (non-hydrogen) atoms. The highest BCUT2D eigenvalue weighted by Gasteiger charge is 2.10. The zero-order valence-electron chi connectivity index (χ0n) is 18.8. The van der Waals surface area contributed by atoms with Crippen LogP contribution in [-0.4, -0.2) is 19.9 Å². The molecule has 0 bridgehead atoms. The largest absolute Gasteiger partial charge is 0.245 e. The van der Waals surface area contributed by atoms with E-state index >= 15 is 0 Å². The third kappa shape index (κ3) is 3.34. The lowest BCUT2D eigenvalue weighted by atomic mass is 10.0. The van der Waals surface area contributed by atoms with Gasteiger partial charge in [0.2, 0.25) is 11.9 Å². The Morgan fingerprint density at radius 3 is 1.03 bits per heavy atom. The second kappa shape index (κ2) is 7.85. The minimum Gasteiger partial charge on any atom is -0.245 e. The standard InChI is InChI=1S/C30H16F2N4/c31-25-15-11-21-7-5-19-9-13-23(33-27(19)29(21)35-25)17-1-2-18(4-3-17)24-14-10-20-6-8-22-12-16-26(32)36-30(22)28(20)34-24/h1-16H. The lowest BCUT2D eigenvalue weighted by Gasteiger charge is -2.08. The van der Waals surface area contributed by atoms with E-state index in [0.717, 1.165) is 44.1 Å². The SMILES string of the molecule is Fc1ccc2ccc3ccc(-c4ccc(-c5ccc6ccc7ccc(F)nc7c6n5)cc4)nc3c2n1. The van der Waals surface area contributed by atoms with Crippen molar-refractivity contribution in [3.05, 3.63) is 109 Å². The van der Waals surface area contributed by atoms with Crippen LogP contribution in [0.2, 0.25) is 0 Å². The topological polar surface area (TPSA) is 51.6 Å². The molecule has 0 amide bonds. The van der Waals surface area contributed by atoms with Crippen molar-refractivity contribution in [3.63, 3.8) is 0 Å². The Balaban J connectivity index is 1.31. The van der Waals surface area contributed by atoms with Gasteiger partial charge in [0.15, 0.2) is 0 Å². The first-order valence-corrected chi connectivity index (χ1v) is 11.5. The average Bonchev–Trinajstić information content (AvgIpc) is 2.92. The molecule has 4 nitrogen and oxygen atoms in total. The first kappa shape index (κ1) is 20.5. The van der Waals surface area contributed by atoms with E-state index in [4.69, 9.17) is 9.97 Å². The van der Waals surface area contributed by atoms with Crippen molar-refractivity contribution in [3.8, 4) is 22.5 Å². The number of pyridine rings is 4. The molecule has 0 atom stereocenters. The molecule has 4 aromatic heterocycles. The highest BCUT2D eigenvalue weighted by Crippen LogP contribution is 2.30. The molecule has 3 aromatic carbocycles. The first-order valence-electron chi connectivity index (χ1n) is 11.5. The Kier molecular flexibility index (Phi) is 4.48. The van der Waals surface area contributed by atoms with Crippen molar-refractivity contribution in [1.29, 1.82) is 0 Å². The number of aromatic nitrogens is 4. The zero-order valence-corrected chi connectivity index (χ0v) is 18.8. The summed E-state index contributed by atoms with van der Waals surface area (Å²) in [7, 11) is 0. The van der Waals surface area contributed by atoms with Crippen LogP contribution in [0.15, 0.2) is 97.1 Å². The highest BCUT2D eigenvalue weighted by atomic mass is 19.1. The molecule has 0 aliphatic carbocycles. The van der Waals surface area contributed by atoms with Gasteiger partial charge in [-0.15, -0.1) is 0 Å². The molecule has 0 aliphatic rings.